The Balaban J connectivity index is 1.79. The minimum absolute atomic E-state index is 0.0460. The van der Waals surface area contributed by atoms with E-state index in [4.69, 9.17) is 25.8 Å². The minimum atomic E-state index is -0.0460. The van der Waals surface area contributed by atoms with E-state index in [0.29, 0.717) is 46.2 Å². The van der Waals surface area contributed by atoms with Crippen molar-refractivity contribution in [2.75, 3.05) is 33.7 Å². The van der Waals surface area contributed by atoms with Crippen LogP contribution in [0.25, 0.3) is 11.4 Å². The van der Waals surface area contributed by atoms with Gasteiger partial charge in [-0.2, -0.15) is 0 Å². The molecule has 0 N–H and O–H groups in total. The van der Waals surface area contributed by atoms with Gasteiger partial charge in [-0.25, -0.2) is 0 Å². The number of carbonyl (C=O) groups is 1. The second kappa shape index (κ2) is 10.5. The number of nitrogens with zero attached hydrogens (tertiary/aromatic N) is 3. The summed E-state index contributed by atoms with van der Waals surface area (Å²) in [6.07, 6.45) is 0. The van der Waals surface area contributed by atoms with Crippen molar-refractivity contribution in [1.29, 1.82) is 0 Å². The van der Waals surface area contributed by atoms with E-state index in [1.54, 1.807) is 44.6 Å². The van der Waals surface area contributed by atoms with Crippen LogP contribution in [0.5, 0.6) is 11.5 Å². The summed E-state index contributed by atoms with van der Waals surface area (Å²) in [6, 6.07) is 12.5. The van der Waals surface area contributed by atoms with Crippen LogP contribution in [-0.2, 0) is 11.3 Å². The van der Waals surface area contributed by atoms with Gasteiger partial charge in [0.25, 0.3) is 0 Å². The Hall–Kier alpha value is -2.55. The fourth-order valence-corrected chi connectivity index (χ4v) is 3.80. The summed E-state index contributed by atoms with van der Waals surface area (Å²) in [5.74, 6) is 1.96. The Bertz CT molecular complexity index is 1010. The van der Waals surface area contributed by atoms with Crippen molar-refractivity contribution in [3.05, 3.63) is 53.1 Å². The third kappa shape index (κ3) is 5.13. The summed E-state index contributed by atoms with van der Waals surface area (Å²) in [6.45, 7) is 1.06. The van der Waals surface area contributed by atoms with Gasteiger partial charge in [0.2, 0.25) is 0 Å². The molecule has 7 nitrogen and oxygen atoms in total. The zero-order valence-corrected chi connectivity index (χ0v) is 18.5. The fourth-order valence-electron chi connectivity index (χ4n) is 2.82. The number of thioether (sulfide) groups is 1. The van der Waals surface area contributed by atoms with Crippen LogP contribution in [0.4, 0.5) is 0 Å². The summed E-state index contributed by atoms with van der Waals surface area (Å²) < 4.78 is 17.7. The summed E-state index contributed by atoms with van der Waals surface area (Å²) in [4.78, 5) is 12.7. The Morgan fingerprint density at radius 2 is 1.77 bits per heavy atom. The second-order valence-corrected chi connectivity index (χ2v) is 7.62. The smallest absolute Gasteiger partial charge is 0.192 e. The van der Waals surface area contributed by atoms with Crippen LogP contribution in [0, 0.1) is 0 Å². The highest BCUT2D eigenvalue weighted by Gasteiger charge is 2.17. The zero-order valence-electron chi connectivity index (χ0n) is 16.9. The van der Waals surface area contributed by atoms with Gasteiger partial charge in [0.1, 0.15) is 0 Å². The predicted molar refractivity (Wildman–Crippen MR) is 117 cm³/mol. The van der Waals surface area contributed by atoms with E-state index < -0.39 is 0 Å². The lowest BCUT2D eigenvalue weighted by Crippen LogP contribution is -2.09. The van der Waals surface area contributed by atoms with Crippen molar-refractivity contribution in [3.8, 4) is 22.9 Å². The third-order valence-corrected chi connectivity index (χ3v) is 5.59. The van der Waals surface area contributed by atoms with Crippen LogP contribution in [0.1, 0.15) is 10.4 Å². The van der Waals surface area contributed by atoms with Gasteiger partial charge in [-0.05, 0) is 42.5 Å². The van der Waals surface area contributed by atoms with Crippen LogP contribution in [0.15, 0.2) is 47.6 Å². The van der Waals surface area contributed by atoms with Crippen molar-refractivity contribution in [3.63, 3.8) is 0 Å². The first-order chi connectivity index (χ1) is 14.6. The molecule has 158 valence electrons. The van der Waals surface area contributed by atoms with Gasteiger partial charge < -0.3 is 14.2 Å². The van der Waals surface area contributed by atoms with Gasteiger partial charge in [0, 0.05) is 23.3 Å². The van der Waals surface area contributed by atoms with Gasteiger partial charge in [-0.1, -0.05) is 23.4 Å². The summed E-state index contributed by atoms with van der Waals surface area (Å²) >= 11 is 7.32. The molecule has 0 radical (unpaired) electrons. The van der Waals surface area contributed by atoms with E-state index in [1.807, 2.05) is 16.7 Å². The van der Waals surface area contributed by atoms with E-state index in [0.717, 1.165) is 5.56 Å². The van der Waals surface area contributed by atoms with Crippen molar-refractivity contribution < 1.29 is 19.0 Å². The number of benzene rings is 2. The Morgan fingerprint density at radius 3 is 2.43 bits per heavy atom. The number of Topliss-reactive ketones (excluding diaryl/α,β-unsaturated/α-hetero) is 1. The van der Waals surface area contributed by atoms with Gasteiger partial charge in [0.05, 0.1) is 33.1 Å². The Kier molecular flexibility index (Phi) is 7.73. The number of ketones is 1. The summed E-state index contributed by atoms with van der Waals surface area (Å²) in [7, 11) is 4.73. The molecule has 0 atom stereocenters. The number of halogens is 1. The van der Waals surface area contributed by atoms with Crippen LogP contribution >= 0.6 is 23.4 Å². The maximum Gasteiger partial charge on any atom is 0.192 e. The molecule has 0 unspecified atom stereocenters. The maximum absolute atomic E-state index is 12.7. The van der Waals surface area contributed by atoms with Gasteiger partial charge in [-0.15, -0.1) is 10.2 Å². The van der Waals surface area contributed by atoms with Crippen molar-refractivity contribution >= 4 is 29.1 Å². The summed E-state index contributed by atoms with van der Waals surface area (Å²) in [5, 5.41) is 9.89. The SMILES string of the molecule is COCCn1c(SCC(=O)c2ccc(OC)c(OC)c2)nnc1-c1ccc(Cl)cc1. The van der Waals surface area contributed by atoms with Gasteiger partial charge in [0.15, 0.2) is 28.3 Å². The fraction of sp³-hybridized carbons (Fsp3) is 0.286. The molecule has 0 amide bonds. The largest absolute Gasteiger partial charge is 0.493 e. The molecule has 3 rings (SSSR count). The van der Waals surface area contributed by atoms with Crippen LogP contribution in [0.2, 0.25) is 5.02 Å². The first kappa shape index (κ1) is 22.1. The predicted octanol–water partition coefficient (Wildman–Crippen LogP) is 4.24. The molecule has 0 saturated carbocycles. The maximum atomic E-state index is 12.7. The highest BCUT2D eigenvalue weighted by Crippen LogP contribution is 2.29. The molecule has 1 heterocycles. The van der Waals surface area contributed by atoms with Crippen LogP contribution in [0.3, 0.4) is 0 Å². The van der Waals surface area contributed by atoms with Gasteiger partial charge in [-0.3, -0.25) is 9.36 Å². The molecule has 0 saturated heterocycles. The van der Waals surface area contributed by atoms with Crippen LogP contribution < -0.4 is 9.47 Å². The van der Waals surface area contributed by atoms with Crippen molar-refractivity contribution in [2.24, 2.45) is 0 Å². The summed E-state index contributed by atoms with van der Waals surface area (Å²) in [5.41, 5.74) is 1.43. The van der Waals surface area contributed by atoms with E-state index in [2.05, 4.69) is 10.2 Å². The molecule has 0 bridgehead atoms. The molecule has 30 heavy (non-hydrogen) atoms. The zero-order chi connectivity index (χ0) is 21.5. The van der Waals surface area contributed by atoms with E-state index in [1.165, 1.54) is 18.9 Å². The lowest BCUT2D eigenvalue weighted by atomic mass is 10.1. The van der Waals surface area contributed by atoms with Gasteiger partial charge >= 0.3 is 0 Å². The average Bonchev–Trinajstić information content (AvgIpc) is 3.18. The monoisotopic (exact) mass is 447 g/mol. The molecule has 0 aliphatic carbocycles. The van der Waals surface area contributed by atoms with E-state index >= 15 is 0 Å². The lowest BCUT2D eigenvalue weighted by molar-refractivity contribution is 0.102. The first-order valence-corrected chi connectivity index (χ1v) is 10.5. The number of hydrogen-bond donors (Lipinski definition) is 0. The topological polar surface area (TPSA) is 75.5 Å². The Labute approximate surface area is 184 Å². The minimum Gasteiger partial charge on any atom is -0.493 e. The number of methoxy groups -OCH3 is 3. The molecule has 2 aromatic carbocycles. The molecule has 1 aromatic heterocycles. The molecular formula is C21H22ClN3O4S. The molecule has 3 aromatic rings. The highest BCUT2D eigenvalue weighted by atomic mass is 35.5. The lowest BCUT2D eigenvalue weighted by Gasteiger charge is -2.10. The van der Waals surface area contributed by atoms with Crippen molar-refractivity contribution in [2.45, 2.75) is 11.7 Å². The molecule has 0 fully saturated rings. The number of carbonyl (C=O) groups excluding carboxylic acids is 1. The molecule has 0 aliphatic rings. The van der Waals surface area contributed by atoms with E-state index in [9.17, 15) is 4.79 Å². The standard InChI is InChI=1S/C21H22ClN3O4S/c1-27-11-10-25-20(14-4-7-16(22)8-5-14)23-24-21(25)30-13-17(26)15-6-9-18(28-2)19(12-15)29-3/h4-9,12H,10-11,13H2,1-3H3. The third-order valence-electron chi connectivity index (χ3n) is 4.38. The van der Waals surface area contributed by atoms with Crippen LogP contribution in [-0.4, -0.2) is 54.2 Å². The number of rotatable bonds is 10. The average molecular weight is 448 g/mol. The van der Waals surface area contributed by atoms with E-state index in [-0.39, 0.29) is 11.5 Å². The molecular weight excluding hydrogens is 426 g/mol. The normalized spacial score (nSPS) is 10.8. The highest BCUT2D eigenvalue weighted by molar-refractivity contribution is 7.99. The molecule has 9 heteroatoms. The number of aromatic nitrogens is 3. The molecule has 0 spiro atoms. The quantitative estimate of drug-likeness (QED) is 0.340. The Morgan fingerprint density at radius 1 is 1.03 bits per heavy atom. The molecule has 0 aliphatic heterocycles. The number of hydrogen-bond acceptors (Lipinski definition) is 7. The first-order valence-electron chi connectivity index (χ1n) is 9.13. The second-order valence-electron chi connectivity index (χ2n) is 6.24. The number of ether oxygens (including phenoxy) is 3. The van der Waals surface area contributed by atoms with Crippen molar-refractivity contribution in [1.82, 2.24) is 14.8 Å².